The molecule has 0 saturated carbocycles. The van der Waals surface area contributed by atoms with Crippen molar-refractivity contribution >= 4 is 11.6 Å². The molecule has 0 spiro atoms. The molecule has 3 nitrogen and oxygen atoms in total. The predicted octanol–water partition coefficient (Wildman–Crippen LogP) is 2.83. The SMILES string of the molecule is CNC(C)C(=O)N(Cc1ccccc1)c1ccccc1. The van der Waals surface area contributed by atoms with Crippen molar-refractivity contribution in [2.24, 2.45) is 0 Å². The number of nitrogens with one attached hydrogen (secondary N) is 1. The van der Waals surface area contributed by atoms with Crippen molar-refractivity contribution in [2.75, 3.05) is 11.9 Å². The normalized spacial score (nSPS) is 11.9. The Bertz CT molecular complexity index is 539. The number of benzene rings is 2. The zero-order valence-electron chi connectivity index (χ0n) is 11.9. The van der Waals surface area contributed by atoms with Crippen LogP contribution >= 0.6 is 0 Å². The highest BCUT2D eigenvalue weighted by Crippen LogP contribution is 2.18. The number of para-hydroxylation sites is 1. The van der Waals surface area contributed by atoms with Gasteiger partial charge in [0.05, 0.1) is 12.6 Å². The molecule has 1 unspecified atom stereocenters. The summed E-state index contributed by atoms with van der Waals surface area (Å²) in [6, 6.07) is 19.6. The molecule has 0 bridgehead atoms. The lowest BCUT2D eigenvalue weighted by molar-refractivity contribution is -0.120. The van der Waals surface area contributed by atoms with E-state index in [1.807, 2.05) is 72.5 Å². The standard InChI is InChI=1S/C17H20N2O/c1-14(18-2)17(20)19(16-11-7-4-8-12-16)13-15-9-5-3-6-10-15/h3-12,14,18H,13H2,1-2H3. The molecule has 2 rings (SSSR count). The number of carbonyl (C=O) groups is 1. The van der Waals surface area contributed by atoms with Crippen LogP contribution in [0.25, 0.3) is 0 Å². The average Bonchev–Trinajstić information content (AvgIpc) is 2.53. The van der Waals surface area contributed by atoms with Gasteiger partial charge in [-0.15, -0.1) is 0 Å². The van der Waals surface area contributed by atoms with Gasteiger partial charge in [0.15, 0.2) is 0 Å². The minimum Gasteiger partial charge on any atom is -0.309 e. The zero-order valence-corrected chi connectivity index (χ0v) is 11.9. The van der Waals surface area contributed by atoms with Crippen molar-refractivity contribution in [1.29, 1.82) is 0 Å². The first-order valence-electron chi connectivity index (χ1n) is 6.80. The fraction of sp³-hybridized carbons (Fsp3) is 0.235. The third-order valence-electron chi connectivity index (χ3n) is 3.32. The molecule has 0 aliphatic heterocycles. The predicted molar refractivity (Wildman–Crippen MR) is 82.6 cm³/mol. The summed E-state index contributed by atoms with van der Waals surface area (Å²) in [5.41, 5.74) is 2.04. The van der Waals surface area contributed by atoms with Crippen LogP contribution in [0.3, 0.4) is 0 Å². The van der Waals surface area contributed by atoms with Crippen LogP contribution in [-0.4, -0.2) is 19.0 Å². The molecule has 0 saturated heterocycles. The Labute approximate surface area is 120 Å². The Morgan fingerprint density at radius 3 is 2.15 bits per heavy atom. The van der Waals surface area contributed by atoms with Crippen LogP contribution in [0.2, 0.25) is 0 Å². The van der Waals surface area contributed by atoms with E-state index in [4.69, 9.17) is 0 Å². The van der Waals surface area contributed by atoms with Gasteiger partial charge in [0.2, 0.25) is 5.91 Å². The number of hydrogen-bond donors (Lipinski definition) is 1. The largest absolute Gasteiger partial charge is 0.309 e. The van der Waals surface area contributed by atoms with Crippen molar-refractivity contribution in [3.63, 3.8) is 0 Å². The van der Waals surface area contributed by atoms with E-state index in [0.29, 0.717) is 6.54 Å². The fourth-order valence-electron chi connectivity index (χ4n) is 2.03. The number of anilines is 1. The molecule has 0 radical (unpaired) electrons. The van der Waals surface area contributed by atoms with Gasteiger partial charge >= 0.3 is 0 Å². The van der Waals surface area contributed by atoms with Crippen molar-refractivity contribution in [2.45, 2.75) is 19.5 Å². The van der Waals surface area contributed by atoms with E-state index in [1.165, 1.54) is 0 Å². The van der Waals surface area contributed by atoms with Crippen molar-refractivity contribution in [3.05, 3.63) is 66.2 Å². The molecule has 0 aliphatic carbocycles. The molecule has 104 valence electrons. The topological polar surface area (TPSA) is 32.3 Å². The van der Waals surface area contributed by atoms with E-state index in [0.717, 1.165) is 11.3 Å². The van der Waals surface area contributed by atoms with E-state index in [1.54, 1.807) is 7.05 Å². The van der Waals surface area contributed by atoms with Gasteiger partial charge in [0.1, 0.15) is 0 Å². The van der Waals surface area contributed by atoms with Crippen molar-refractivity contribution < 1.29 is 4.79 Å². The summed E-state index contributed by atoms with van der Waals surface area (Å²) in [6.07, 6.45) is 0. The number of likely N-dealkylation sites (N-methyl/N-ethyl adjacent to an activating group) is 1. The molecule has 1 atom stereocenters. The molecule has 2 aromatic rings. The molecular formula is C17H20N2O. The second kappa shape index (κ2) is 6.87. The van der Waals surface area contributed by atoms with Crippen LogP contribution in [0, 0.1) is 0 Å². The van der Waals surface area contributed by atoms with Gasteiger partial charge in [0.25, 0.3) is 0 Å². The molecule has 2 aromatic carbocycles. The highest BCUT2D eigenvalue weighted by atomic mass is 16.2. The van der Waals surface area contributed by atoms with Gasteiger partial charge in [-0.2, -0.15) is 0 Å². The van der Waals surface area contributed by atoms with Crippen LogP contribution in [0.1, 0.15) is 12.5 Å². The summed E-state index contributed by atoms with van der Waals surface area (Å²) in [5.74, 6) is 0.0718. The first-order chi connectivity index (χ1) is 9.72. The van der Waals surface area contributed by atoms with Gasteiger partial charge in [-0.3, -0.25) is 4.79 Å². The molecule has 20 heavy (non-hydrogen) atoms. The van der Waals surface area contributed by atoms with E-state index in [9.17, 15) is 4.79 Å². The summed E-state index contributed by atoms with van der Waals surface area (Å²) < 4.78 is 0. The van der Waals surface area contributed by atoms with Crippen LogP contribution in [0.5, 0.6) is 0 Å². The minimum absolute atomic E-state index is 0.0718. The van der Waals surface area contributed by atoms with E-state index < -0.39 is 0 Å². The van der Waals surface area contributed by atoms with Gasteiger partial charge in [0, 0.05) is 5.69 Å². The molecule has 3 heteroatoms. The van der Waals surface area contributed by atoms with E-state index >= 15 is 0 Å². The lowest BCUT2D eigenvalue weighted by Gasteiger charge is -2.26. The van der Waals surface area contributed by atoms with Crippen LogP contribution < -0.4 is 10.2 Å². The maximum atomic E-state index is 12.5. The molecule has 0 heterocycles. The molecule has 0 aromatic heterocycles. The van der Waals surface area contributed by atoms with Gasteiger partial charge < -0.3 is 10.2 Å². The third-order valence-corrected chi connectivity index (χ3v) is 3.32. The van der Waals surface area contributed by atoms with Crippen LogP contribution in [0.4, 0.5) is 5.69 Å². The second-order valence-corrected chi connectivity index (χ2v) is 4.76. The Morgan fingerprint density at radius 2 is 1.60 bits per heavy atom. The quantitative estimate of drug-likeness (QED) is 0.904. The van der Waals surface area contributed by atoms with Crippen LogP contribution in [-0.2, 0) is 11.3 Å². The smallest absolute Gasteiger partial charge is 0.244 e. The number of amides is 1. The highest BCUT2D eigenvalue weighted by Gasteiger charge is 2.20. The van der Waals surface area contributed by atoms with Gasteiger partial charge in [-0.05, 0) is 31.7 Å². The molecule has 1 N–H and O–H groups in total. The summed E-state index contributed by atoms with van der Waals surface area (Å²) >= 11 is 0. The van der Waals surface area contributed by atoms with E-state index in [2.05, 4.69) is 5.32 Å². The van der Waals surface area contributed by atoms with Crippen molar-refractivity contribution in [1.82, 2.24) is 5.32 Å². The number of carbonyl (C=O) groups excluding carboxylic acids is 1. The van der Waals surface area contributed by atoms with Gasteiger partial charge in [-0.1, -0.05) is 48.5 Å². The molecule has 0 aliphatic rings. The fourth-order valence-corrected chi connectivity index (χ4v) is 2.03. The minimum atomic E-state index is -0.209. The first-order valence-corrected chi connectivity index (χ1v) is 6.80. The summed E-state index contributed by atoms with van der Waals surface area (Å²) in [7, 11) is 1.80. The summed E-state index contributed by atoms with van der Waals surface area (Å²) in [5, 5.41) is 3.01. The Kier molecular flexibility index (Phi) is 4.91. The van der Waals surface area contributed by atoms with Crippen molar-refractivity contribution in [3.8, 4) is 0 Å². The average molecular weight is 268 g/mol. The lowest BCUT2D eigenvalue weighted by Crippen LogP contribution is -2.43. The maximum Gasteiger partial charge on any atom is 0.244 e. The Morgan fingerprint density at radius 1 is 1.05 bits per heavy atom. The lowest BCUT2D eigenvalue weighted by atomic mass is 10.1. The molecule has 1 amide bonds. The van der Waals surface area contributed by atoms with E-state index in [-0.39, 0.29) is 11.9 Å². The Balaban J connectivity index is 2.27. The first kappa shape index (κ1) is 14.3. The number of nitrogens with zero attached hydrogens (tertiary/aromatic N) is 1. The Hall–Kier alpha value is -2.13. The highest BCUT2D eigenvalue weighted by molar-refractivity contribution is 5.96. The second-order valence-electron chi connectivity index (χ2n) is 4.76. The molecule has 0 fully saturated rings. The summed E-state index contributed by atoms with van der Waals surface area (Å²) in [4.78, 5) is 14.4. The molecular weight excluding hydrogens is 248 g/mol. The van der Waals surface area contributed by atoms with Crippen LogP contribution in [0.15, 0.2) is 60.7 Å². The number of hydrogen-bond acceptors (Lipinski definition) is 2. The summed E-state index contributed by atoms with van der Waals surface area (Å²) in [6.45, 7) is 2.46. The zero-order chi connectivity index (χ0) is 14.4. The third kappa shape index (κ3) is 3.45. The monoisotopic (exact) mass is 268 g/mol. The number of rotatable bonds is 5. The van der Waals surface area contributed by atoms with Gasteiger partial charge in [-0.25, -0.2) is 0 Å². The maximum absolute atomic E-state index is 12.5.